The maximum absolute atomic E-state index is 12.1. The highest BCUT2D eigenvalue weighted by Crippen LogP contribution is 2.31. The van der Waals surface area contributed by atoms with Crippen LogP contribution in [-0.2, 0) is 4.79 Å². The van der Waals surface area contributed by atoms with E-state index in [0.717, 1.165) is 54.1 Å². The molecule has 6 nitrogen and oxygen atoms in total. The van der Waals surface area contributed by atoms with Crippen LogP contribution < -0.4 is 5.56 Å². The maximum atomic E-state index is 12.1. The quantitative estimate of drug-likeness (QED) is 0.748. The molecule has 3 aromatic rings. The van der Waals surface area contributed by atoms with Crippen LogP contribution in [0.15, 0.2) is 34.6 Å². The fourth-order valence-corrected chi connectivity index (χ4v) is 3.95. The largest absolute Gasteiger partial charge is 0.345 e. The van der Waals surface area contributed by atoms with Crippen molar-refractivity contribution in [3.8, 4) is 10.4 Å². The molecular formula is C16H16N4O2S. The maximum Gasteiger partial charge on any atom is 0.251 e. The molecule has 0 aliphatic carbocycles. The third-order valence-electron chi connectivity index (χ3n) is 4.42. The fourth-order valence-electron chi connectivity index (χ4n) is 3.22. The Kier molecular flexibility index (Phi) is 3.49. The highest BCUT2D eigenvalue weighted by Gasteiger charge is 2.23. The zero-order valence-corrected chi connectivity index (χ0v) is 13.3. The summed E-state index contributed by atoms with van der Waals surface area (Å²) in [7, 11) is 0. The number of piperidine rings is 1. The second kappa shape index (κ2) is 5.66. The van der Waals surface area contributed by atoms with Gasteiger partial charge >= 0.3 is 0 Å². The van der Waals surface area contributed by atoms with Crippen molar-refractivity contribution in [3.63, 3.8) is 0 Å². The lowest BCUT2D eigenvalue weighted by Gasteiger charge is -2.29. The molecule has 118 valence electrons. The molecule has 1 fully saturated rings. The number of aromatic amines is 1. The van der Waals surface area contributed by atoms with Crippen LogP contribution >= 0.6 is 11.3 Å². The van der Waals surface area contributed by atoms with Gasteiger partial charge in [-0.1, -0.05) is 6.07 Å². The molecule has 0 spiro atoms. The number of nitrogens with one attached hydrogen (secondary N) is 1. The number of rotatable bonds is 3. The van der Waals surface area contributed by atoms with E-state index in [-0.39, 0.29) is 11.5 Å². The van der Waals surface area contributed by atoms with Crippen LogP contribution in [-0.4, -0.2) is 39.0 Å². The third-order valence-corrected chi connectivity index (χ3v) is 5.32. The molecule has 0 atom stereocenters. The minimum atomic E-state index is -0.108. The number of carbonyl (C=O) groups is 1. The molecule has 1 saturated heterocycles. The Bertz CT molecular complexity index is 889. The number of H-pyrrole nitrogens is 1. The highest BCUT2D eigenvalue weighted by molar-refractivity contribution is 7.13. The number of hydrogen-bond donors (Lipinski definition) is 1. The van der Waals surface area contributed by atoms with Crippen molar-refractivity contribution >= 4 is 23.4 Å². The van der Waals surface area contributed by atoms with E-state index in [2.05, 4.69) is 10.1 Å². The Labute approximate surface area is 136 Å². The van der Waals surface area contributed by atoms with Crippen LogP contribution in [0.25, 0.3) is 16.1 Å². The Morgan fingerprint density at radius 2 is 2.17 bits per heavy atom. The lowest BCUT2D eigenvalue weighted by molar-refractivity contribution is -0.119. The molecule has 3 aromatic heterocycles. The molecular weight excluding hydrogens is 312 g/mol. The number of aromatic nitrogens is 3. The van der Waals surface area contributed by atoms with Gasteiger partial charge in [0.2, 0.25) is 6.41 Å². The summed E-state index contributed by atoms with van der Waals surface area (Å²) in [6.45, 7) is 1.45. The van der Waals surface area contributed by atoms with E-state index in [4.69, 9.17) is 0 Å². The number of hydrogen-bond acceptors (Lipinski definition) is 4. The van der Waals surface area contributed by atoms with E-state index in [0.29, 0.717) is 0 Å². The van der Waals surface area contributed by atoms with Crippen molar-refractivity contribution in [3.05, 3.63) is 45.8 Å². The summed E-state index contributed by atoms with van der Waals surface area (Å²) in [5, 5.41) is 6.51. The first-order chi connectivity index (χ1) is 11.3. The standard InChI is InChI=1S/C16H16N4O2S/c21-10-19-5-3-11(4-6-19)13-8-15(22)18-16-12(9-17-20(13)16)14-2-1-7-23-14/h1-2,7-11H,3-6H2,(H,18,22). The molecule has 0 radical (unpaired) electrons. The Balaban J connectivity index is 1.79. The van der Waals surface area contributed by atoms with E-state index in [1.54, 1.807) is 28.5 Å². The first kappa shape index (κ1) is 14.2. The summed E-state index contributed by atoms with van der Waals surface area (Å²) in [5.74, 6) is 0.243. The average molecular weight is 328 g/mol. The van der Waals surface area contributed by atoms with E-state index >= 15 is 0 Å². The van der Waals surface area contributed by atoms with E-state index < -0.39 is 0 Å². The molecule has 1 N–H and O–H groups in total. The Morgan fingerprint density at radius 1 is 1.35 bits per heavy atom. The van der Waals surface area contributed by atoms with Crippen molar-refractivity contribution in [2.24, 2.45) is 0 Å². The first-order valence-electron chi connectivity index (χ1n) is 7.60. The van der Waals surface area contributed by atoms with Gasteiger partial charge < -0.3 is 9.88 Å². The van der Waals surface area contributed by atoms with E-state index in [1.807, 2.05) is 22.0 Å². The molecule has 0 bridgehead atoms. The fraction of sp³-hybridized carbons (Fsp3) is 0.312. The van der Waals surface area contributed by atoms with Gasteiger partial charge in [-0.05, 0) is 24.3 Å². The van der Waals surface area contributed by atoms with Gasteiger partial charge in [0.25, 0.3) is 5.56 Å². The topological polar surface area (TPSA) is 70.5 Å². The average Bonchev–Trinajstić information content (AvgIpc) is 3.23. The number of amides is 1. The van der Waals surface area contributed by atoms with Crippen LogP contribution in [0.1, 0.15) is 24.5 Å². The van der Waals surface area contributed by atoms with Crippen LogP contribution in [0.3, 0.4) is 0 Å². The molecule has 1 aliphatic rings. The molecule has 0 saturated carbocycles. The van der Waals surface area contributed by atoms with Gasteiger partial charge in [-0.2, -0.15) is 5.10 Å². The van der Waals surface area contributed by atoms with Gasteiger partial charge in [0.05, 0.1) is 17.5 Å². The van der Waals surface area contributed by atoms with E-state index in [9.17, 15) is 9.59 Å². The van der Waals surface area contributed by atoms with Gasteiger partial charge in [-0.15, -0.1) is 11.3 Å². The van der Waals surface area contributed by atoms with Crippen LogP contribution in [0.2, 0.25) is 0 Å². The molecule has 23 heavy (non-hydrogen) atoms. The number of carbonyl (C=O) groups excluding carboxylic acids is 1. The van der Waals surface area contributed by atoms with Crippen molar-refractivity contribution < 1.29 is 4.79 Å². The predicted molar refractivity (Wildman–Crippen MR) is 88.7 cm³/mol. The van der Waals surface area contributed by atoms with Crippen LogP contribution in [0.4, 0.5) is 0 Å². The minimum absolute atomic E-state index is 0.108. The van der Waals surface area contributed by atoms with Gasteiger partial charge in [0.15, 0.2) is 0 Å². The second-order valence-electron chi connectivity index (χ2n) is 5.77. The monoisotopic (exact) mass is 328 g/mol. The summed E-state index contributed by atoms with van der Waals surface area (Å²) in [4.78, 5) is 28.8. The Morgan fingerprint density at radius 3 is 2.87 bits per heavy atom. The molecule has 4 rings (SSSR count). The van der Waals surface area contributed by atoms with Gasteiger partial charge in [0.1, 0.15) is 5.65 Å². The van der Waals surface area contributed by atoms with Crippen molar-refractivity contribution in [1.29, 1.82) is 0 Å². The highest BCUT2D eigenvalue weighted by atomic mass is 32.1. The summed E-state index contributed by atoms with van der Waals surface area (Å²) in [6.07, 6.45) is 4.41. The zero-order valence-electron chi connectivity index (χ0n) is 12.4. The molecule has 7 heteroatoms. The smallest absolute Gasteiger partial charge is 0.251 e. The molecule has 0 unspecified atom stereocenters. The van der Waals surface area contributed by atoms with Gasteiger partial charge in [-0.25, -0.2) is 4.52 Å². The first-order valence-corrected chi connectivity index (χ1v) is 8.48. The van der Waals surface area contributed by atoms with Crippen molar-refractivity contribution in [2.45, 2.75) is 18.8 Å². The Hall–Kier alpha value is -2.41. The number of fused-ring (bicyclic) bond motifs is 1. The zero-order chi connectivity index (χ0) is 15.8. The minimum Gasteiger partial charge on any atom is -0.345 e. The molecule has 0 aromatic carbocycles. The summed E-state index contributed by atoms with van der Waals surface area (Å²) >= 11 is 1.63. The van der Waals surface area contributed by atoms with Crippen molar-refractivity contribution in [2.75, 3.05) is 13.1 Å². The van der Waals surface area contributed by atoms with Gasteiger partial charge in [0, 0.05) is 30.0 Å². The van der Waals surface area contributed by atoms with Crippen LogP contribution in [0.5, 0.6) is 0 Å². The van der Waals surface area contributed by atoms with E-state index in [1.165, 1.54) is 0 Å². The van der Waals surface area contributed by atoms with Crippen molar-refractivity contribution in [1.82, 2.24) is 19.5 Å². The van der Waals surface area contributed by atoms with Crippen LogP contribution in [0, 0.1) is 0 Å². The second-order valence-corrected chi connectivity index (χ2v) is 6.72. The van der Waals surface area contributed by atoms with Gasteiger partial charge in [-0.3, -0.25) is 9.59 Å². The normalized spacial score (nSPS) is 16.1. The lowest BCUT2D eigenvalue weighted by Crippen LogP contribution is -2.32. The summed E-state index contributed by atoms with van der Waals surface area (Å²) in [5.41, 5.74) is 2.51. The molecule has 4 heterocycles. The SMILES string of the molecule is O=CN1CCC(c2cc(=O)[nH]c3c(-c4cccs4)cnn23)CC1. The summed E-state index contributed by atoms with van der Waals surface area (Å²) in [6, 6.07) is 5.65. The number of thiophene rings is 1. The molecule has 1 amide bonds. The number of nitrogens with zero attached hydrogens (tertiary/aromatic N) is 3. The predicted octanol–water partition coefficient (Wildman–Crippen LogP) is 2.09. The molecule has 1 aliphatic heterocycles. The summed E-state index contributed by atoms with van der Waals surface area (Å²) < 4.78 is 1.84. The number of likely N-dealkylation sites (tertiary alicyclic amines) is 1. The third kappa shape index (κ3) is 2.46. The lowest BCUT2D eigenvalue weighted by atomic mass is 9.93.